The summed E-state index contributed by atoms with van der Waals surface area (Å²) < 4.78 is 0. The van der Waals surface area contributed by atoms with Gasteiger partial charge >= 0.3 is 0 Å². The van der Waals surface area contributed by atoms with E-state index in [9.17, 15) is 4.79 Å². The normalized spacial score (nSPS) is 11.6. The van der Waals surface area contributed by atoms with E-state index < -0.39 is 0 Å². The quantitative estimate of drug-likeness (QED) is 0.918. The Morgan fingerprint density at radius 3 is 2.60 bits per heavy atom. The molecule has 2 aromatic rings. The first-order valence-electron chi connectivity index (χ1n) is 6.70. The van der Waals surface area contributed by atoms with Crippen molar-refractivity contribution in [3.63, 3.8) is 0 Å². The highest BCUT2D eigenvalue weighted by Crippen LogP contribution is 2.21. The zero-order chi connectivity index (χ0) is 14.6. The van der Waals surface area contributed by atoms with Crippen LogP contribution in [0.4, 0.5) is 0 Å². The molecule has 106 valence electrons. The second-order valence-electron chi connectivity index (χ2n) is 5.81. The molecule has 20 heavy (non-hydrogen) atoms. The Hall–Kier alpha value is -1.52. The second-order valence-corrected chi connectivity index (χ2v) is 6.75. The number of rotatable bonds is 5. The number of thiazole rings is 1. The third-order valence-electron chi connectivity index (χ3n) is 2.79. The maximum absolute atomic E-state index is 11.9. The Labute approximate surface area is 124 Å². The average Bonchev–Trinajstić information content (AvgIpc) is 2.85. The fourth-order valence-corrected chi connectivity index (χ4v) is 2.56. The van der Waals surface area contributed by atoms with Crippen LogP contribution in [-0.2, 0) is 11.2 Å². The predicted molar refractivity (Wildman–Crippen MR) is 84.0 cm³/mol. The predicted octanol–water partition coefficient (Wildman–Crippen LogP) is 3.31. The van der Waals surface area contributed by atoms with Crippen LogP contribution in [-0.4, -0.2) is 22.9 Å². The molecule has 0 aliphatic carbocycles. The summed E-state index contributed by atoms with van der Waals surface area (Å²) in [4.78, 5) is 16.4. The Morgan fingerprint density at radius 2 is 1.95 bits per heavy atom. The summed E-state index contributed by atoms with van der Waals surface area (Å²) >= 11 is 1.55. The maximum atomic E-state index is 11.9. The topological polar surface area (TPSA) is 42.0 Å². The molecular formula is C16H20N2OS. The lowest BCUT2D eigenvalue weighted by Crippen LogP contribution is -2.39. The van der Waals surface area contributed by atoms with Gasteiger partial charge in [0.05, 0.1) is 18.7 Å². The van der Waals surface area contributed by atoms with Gasteiger partial charge in [-0.2, -0.15) is 0 Å². The molecular weight excluding hydrogens is 268 g/mol. The molecule has 0 spiro atoms. The van der Waals surface area contributed by atoms with Crippen LogP contribution in [0, 0.1) is 0 Å². The first-order valence-corrected chi connectivity index (χ1v) is 7.58. The number of nitrogens with one attached hydrogen (secondary N) is 1. The summed E-state index contributed by atoms with van der Waals surface area (Å²) in [5, 5.41) is 6.10. The Morgan fingerprint density at radius 1 is 1.25 bits per heavy atom. The summed E-state index contributed by atoms with van der Waals surface area (Å²) in [5.41, 5.74) is 2.01. The molecule has 0 fully saturated rings. The number of hydrogen-bond donors (Lipinski definition) is 1. The zero-order valence-corrected chi connectivity index (χ0v) is 13.0. The lowest BCUT2D eigenvalue weighted by atomic mass is 10.1. The number of ketones is 1. The van der Waals surface area contributed by atoms with E-state index in [-0.39, 0.29) is 11.3 Å². The van der Waals surface area contributed by atoms with Crippen molar-refractivity contribution in [3.05, 3.63) is 40.7 Å². The number of nitrogens with zero attached hydrogens (tertiary/aromatic N) is 1. The van der Waals surface area contributed by atoms with Crippen LogP contribution in [0.15, 0.2) is 35.7 Å². The summed E-state index contributed by atoms with van der Waals surface area (Å²) in [6.07, 6.45) is 0.403. The monoisotopic (exact) mass is 288 g/mol. The first-order chi connectivity index (χ1) is 9.44. The van der Waals surface area contributed by atoms with Crippen LogP contribution in [0.1, 0.15) is 25.8 Å². The van der Waals surface area contributed by atoms with Crippen LogP contribution >= 0.6 is 11.3 Å². The molecule has 0 bridgehead atoms. The van der Waals surface area contributed by atoms with Crippen molar-refractivity contribution in [2.75, 3.05) is 6.54 Å². The van der Waals surface area contributed by atoms with Crippen molar-refractivity contribution in [2.45, 2.75) is 32.7 Å². The van der Waals surface area contributed by atoms with Gasteiger partial charge in [-0.1, -0.05) is 30.3 Å². The molecule has 4 heteroatoms. The molecule has 3 nitrogen and oxygen atoms in total. The number of aromatic nitrogens is 1. The van der Waals surface area contributed by atoms with Gasteiger partial charge in [0.1, 0.15) is 5.01 Å². The van der Waals surface area contributed by atoms with Gasteiger partial charge < -0.3 is 5.32 Å². The van der Waals surface area contributed by atoms with E-state index in [0.717, 1.165) is 16.3 Å². The summed E-state index contributed by atoms with van der Waals surface area (Å²) in [5.74, 6) is 0.175. The van der Waals surface area contributed by atoms with Gasteiger partial charge in [0, 0.05) is 16.5 Å². The molecule has 0 saturated heterocycles. The maximum Gasteiger partial charge on any atom is 0.153 e. The number of carbonyl (C=O) groups excluding carboxylic acids is 1. The van der Waals surface area contributed by atoms with Crippen molar-refractivity contribution < 1.29 is 4.79 Å². The summed E-state index contributed by atoms with van der Waals surface area (Å²) in [7, 11) is 0. The second kappa shape index (κ2) is 6.29. The minimum absolute atomic E-state index is 0.0340. The van der Waals surface area contributed by atoms with Crippen LogP contribution in [0.3, 0.4) is 0 Å². The molecule has 0 atom stereocenters. The van der Waals surface area contributed by atoms with Gasteiger partial charge in [-0.3, -0.25) is 4.79 Å². The highest BCUT2D eigenvalue weighted by atomic mass is 32.1. The van der Waals surface area contributed by atoms with Crippen molar-refractivity contribution >= 4 is 17.1 Å². The minimum atomic E-state index is -0.0340. The largest absolute Gasteiger partial charge is 0.305 e. The first kappa shape index (κ1) is 14.9. The molecule has 1 aromatic heterocycles. The molecule has 0 unspecified atom stereocenters. The van der Waals surface area contributed by atoms with E-state index in [0.29, 0.717) is 13.0 Å². The molecule has 0 aliphatic rings. The van der Waals surface area contributed by atoms with Gasteiger partial charge in [0.15, 0.2) is 5.78 Å². The van der Waals surface area contributed by atoms with Gasteiger partial charge in [0.2, 0.25) is 0 Å². The lowest BCUT2D eigenvalue weighted by molar-refractivity contribution is -0.117. The molecule has 1 N–H and O–H groups in total. The van der Waals surface area contributed by atoms with Crippen molar-refractivity contribution in [2.24, 2.45) is 0 Å². The number of Topliss-reactive ketones (excluding diaryl/α,β-unsaturated/α-hetero) is 1. The molecule has 0 amide bonds. The van der Waals surface area contributed by atoms with E-state index in [2.05, 4.69) is 31.1 Å². The summed E-state index contributed by atoms with van der Waals surface area (Å²) in [6.45, 7) is 6.55. The number of benzene rings is 1. The van der Waals surface area contributed by atoms with Gasteiger partial charge in [0.25, 0.3) is 0 Å². The Balaban J connectivity index is 1.95. The molecule has 2 rings (SSSR count). The molecule has 1 aromatic carbocycles. The van der Waals surface area contributed by atoms with E-state index >= 15 is 0 Å². The average molecular weight is 288 g/mol. The fraction of sp³-hybridized carbons (Fsp3) is 0.375. The van der Waals surface area contributed by atoms with E-state index in [4.69, 9.17) is 0 Å². The lowest BCUT2D eigenvalue weighted by Gasteiger charge is -2.19. The molecule has 0 radical (unpaired) electrons. The molecule has 0 aliphatic heterocycles. The smallest absolute Gasteiger partial charge is 0.153 e. The summed E-state index contributed by atoms with van der Waals surface area (Å²) in [6, 6.07) is 10.0. The minimum Gasteiger partial charge on any atom is -0.305 e. The third kappa shape index (κ3) is 4.54. The van der Waals surface area contributed by atoms with E-state index in [1.54, 1.807) is 11.3 Å². The Bertz CT molecular complexity index is 570. The van der Waals surface area contributed by atoms with Crippen molar-refractivity contribution in [1.29, 1.82) is 0 Å². The number of hydrogen-bond acceptors (Lipinski definition) is 4. The highest BCUT2D eigenvalue weighted by molar-refractivity contribution is 7.10. The standard InChI is InChI=1S/C16H20N2OS/c1-16(2,3)17-10-13(19)9-15-18-14(11-20-15)12-7-5-4-6-8-12/h4-8,11,17H,9-10H2,1-3H3. The SMILES string of the molecule is CC(C)(C)NCC(=O)Cc1nc(-c2ccccc2)cs1. The van der Waals surface area contributed by atoms with Crippen LogP contribution in [0.5, 0.6) is 0 Å². The molecule has 1 heterocycles. The highest BCUT2D eigenvalue weighted by Gasteiger charge is 2.13. The van der Waals surface area contributed by atoms with Crippen LogP contribution in [0.25, 0.3) is 11.3 Å². The Kier molecular flexibility index (Phi) is 4.68. The third-order valence-corrected chi connectivity index (χ3v) is 3.63. The van der Waals surface area contributed by atoms with Gasteiger partial charge in [-0.25, -0.2) is 4.98 Å². The van der Waals surface area contributed by atoms with Crippen molar-refractivity contribution in [1.82, 2.24) is 10.3 Å². The van der Waals surface area contributed by atoms with E-state index in [1.807, 2.05) is 35.7 Å². The van der Waals surface area contributed by atoms with Crippen molar-refractivity contribution in [3.8, 4) is 11.3 Å². The fourth-order valence-electron chi connectivity index (χ4n) is 1.73. The van der Waals surface area contributed by atoms with E-state index in [1.165, 1.54) is 0 Å². The number of carbonyl (C=O) groups is 1. The van der Waals surface area contributed by atoms with Gasteiger partial charge in [-0.15, -0.1) is 11.3 Å². The molecule has 0 saturated carbocycles. The van der Waals surface area contributed by atoms with Crippen LogP contribution < -0.4 is 5.32 Å². The van der Waals surface area contributed by atoms with Gasteiger partial charge in [-0.05, 0) is 20.8 Å². The zero-order valence-electron chi connectivity index (χ0n) is 12.1. The van der Waals surface area contributed by atoms with Crippen LogP contribution in [0.2, 0.25) is 0 Å².